The van der Waals surface area contributed by atoms with E-state index in [9.17, 15) is 0 Å². The first-order valence-electron chi connectivity index (χ1n) is 4.91. The third kappa shape index (κ3) is 2.82. The molecule has 0 amide bonds. The quantitative estimate of drug-likeness (QED) is 0.602. The minimum Gasteiger partial charge on any atom is -0.299 e. The molecule has 65 valence electrons. The molecule has 1 nitrogen and oxygen atoms in total. The van der Waals surface area contributed by atoms with E-state index in [0.717, 1.165) is 6.04 Å². The van der Waals surface area contributed by atoms with Crippen molar-refractivity contribution < 1.29 is 0 Å². The van der Waals surface area contributed by atoms with Gasteiger partial charge in [-0.2, -0.15) is 0 Å². The Bertz CT molecular complexity index is 95.0. The van der Waals surface area contributed by atoms with E-state index < -0.39 is 0 Å². The van der Waals surface area contributed by atoms with Crippen LogP contribution in [0.1, 0.15) is 45.4 Å². The van der Waals surface area contributed by atoms with Crippen molar-refractivity contribution in [1.82, 2.24) is 4.90 Å². The van der Waals surface area contributed by atoms with Gasteiger partial charge in [-0.25, -0.2) is 0 Å². The molecular formula is C10H20N. The summed E-state index contributed by atoms with van der Waals surface area (Å²) < 4.78 is 0. The van der Waals surface area contributed by atoms with Gasteiger partial charge in [-0.1, -0.05) is 26.2 Å². The largest absolute Gasteiger partial charge is 0.299 e. The molecule has 1 fully saturated rings. The Kier molecular flexibility index (Phi) is 3.92. The maximum atomic E-state index is 4.09. The minimum atomic E-state index is 0.807. The van der Waals surface area contributed by atoms with Crippen LogP contribution in [0.25, 0.3) is 0 Å². The molecule has 1 aliphatic carbocycles. The van der Waals surface area contributed by atoms with Gasteiger partial charge >= 0.3 is 0 Å². The number of nitrogens with zero attached hydrogens (tertiary/aromatic N) is 1. The lowest BCUT2D eigenvalue weighted by molar-refractivity contribution is 0.270. The van der Waals surface area contributed by atoms with E-state index in [4.69, 9.17) is 0 Å². The topological polar surface area (TPSA) is 3.24 Å². The van der Waals surface area contributed by atoms with Gasteiger partial charge in [0.15, 0.2) is 0 Å². The van der Waals surface area contributed by atoms with E-state index in [-0.39, 0.29) is 0 Å². The molecule has 1 rings (SSSR count). The van der Waals surface area contributed by atoms with E-state index in [1.54, 1.807) is 0 Å². The van der Waals surface area contributed by atoms with Crippen LogP contribution < -0.4 is 0 Å². The summed E-state index contributed by atoms with van der Waals surface area (Å²) in [5.41, 5.74) is 0. The molecule has 0 N–H and O–H groups in total. The van der Waals surface area contributed by atoms with Gasteiger partial charge in [0.2, 0.25) is 0 Å². The number of hydrogen-bond donors (Lipinski definition) is 0. The summed E-state index contributed by atoms with van der Waals surface area (Å²) in [7, 11) is 4.09. The number of unbranched alkanes of at least 4 members (excludes halogenated alkanes) is 1. The molecule has 0 aromatic rings. The maximum Gasteiger partial charge on any atom is 0.0112 e. The van der Waals surface area contributed by atoms with Crippen LogP contribution in [-0.2, 0) is 0 Å². The van der Waals surface area contributed by atoms with Crippen LogP contribution in [0.15, 0.2) is 0 Å². The Morgan fingerprint density at radius 3 is 2.55 bits per heavy atom. The molecule has 1 aliphatic rings. The first-order chi connectivity index (χ1) is 5.34. The van der Waals surface area contributed by atoms with Gasteiger partial charge in [0, 0.05) is 13.1 Å². The predicted octanol–water partition coefficient (Wildman–Crippen LogP) is 2.82. The molecule has 0 heterocycles. The fourth-order valence-electron chi connectivity index (χ4n) is 1.81. The van der Waals surface area contributed by atoms with Crippen LogP contribution in [0.2, 0.25) is 0 Å². The first kappa shape index (κ1) is 9.05. The minimum absolute atomic E-state index is 0.807. The predicted molar refractivity (Wildman–Crippen MR) is 49.2 cm³/mol. The Balaban J connectivity index is 2.12. The van der Waals surface area contributed by atoms with Gasteiger partial charge in [0.05, 0.1) is 0 Å². The molecular weight excluding hydrogens is 134 g/mol. The summed E-state index contributed by atoms with van der Waals surface area (Å²) in [6.45, 7) is 3.43. The highest BCUT2D eigenvalue weighted by Gasteiger charge is 2.18. The standard InChI is InChI=1S/C10H20N/c1-3-4-9-11(2)10-7-5-6-8-10/h10H,2-9H2,1H3. The Labute approximate surface area is 70.8 Å². The summed E-state index contributed by atoms with van der Waals surface area (Å²) in [4.78, 5) is 2.30. The van der Waals surface area contributed by atoms with Gasteiger partial charge in [0.25, 0.3) is 0 Å². The molecule has 0 spiro atoms. The van der Waals surface area contributed by atoms with E-state index >= 15 is 0 Å². The average Bonchev–Trinajstić information content (AvgIpc) is 2.52. The third-order valence-corrected chi connectivity index (χ3v) is 2.64. The highest BCUT2D eigenvalue weighted by Crippen LogP contribution is 2.22. The fourth-order valence-corrected chi connectivity index (χ4v) is 1.81. The second-order valence-electron chi connectivity index (χ2n) is 3.60. The van der Waals surface area contributed by atoms with E-state index in [1.807, 2.05) is 0 Å². The second kappa shape index (κ2) is 4.76. The Morgan fingerprint density at radius 1 is 1.36 bits per heavy atom. The van der Waals surface area contributed by atoms with Crippen LogP contribution in [0.5, 0.6) is 0 Å². The summed E-state index contributed by atoms with van der Waals surface area (Å²) in [5.74, 6) is 0. The Morgan fingerprint density at radius 2 is 2.00 bits per heavy atom. The molecule has 0 saturated heterocycles. The molecule has 0 aromatic heterocycles. The summed E-state index contributed by atoms with van der Waals surface area (Å²) >= 11 is 0. The van der Waals surface area contributed by atoms with Gasteiger partial charge in [-0.3, -0.25) is 4.90 Å². The molecule has 0 aromatic carbocycles. The van der Waals surface area contributed by atoms with E-state index in [2.05, 4.69) is 18.9 Å². The zero-order chi connectivity index (χ0) is 8.10. The zero-order valence-electron chi connectivity index (χ0n) is 7.68. The highest BCUT2D eigenvalue weighted by molar-refractivity contribution is 4.76. The van der Waals surface area contributed by atoms with E-state index in [0.29, 0.717) is 0 Å². The molecule has 0 aliphatic heterocycles. The van der Waals surface area contributed by atoms with Crippen LogP contribution in [-0.4, -0.2) is 17.5 Å². The van der Waals surface area contributed by atoms with Crippen LogP contribution in [0, 0.1) is 7.05 Å². The average molecular weight is 154 g/mol. The van der Waals surface area contributed by atoms with Crippen LogP contribution in [0.4, 0.5) is 0 Å². The number of rotatable bonds is 4. The van der Waals surface area contributed by atoms with Gasteiger partial charge < -0.3 is 0 Å². The smallest absolute Gasteiger partial charge is 0.0112 e. The molecule has 1 heteroatoms. The molecule has 11 heavy (non-hydrogen) atoms. The van der Waals surface area contributed by atoms with Gasteiger partial charge in [0.1, 0.15) is 0 Å². The summed E-state index contributed by atoms with van der Waals surface area (Å²) in [6.07, 6.45) is 8.20. The van der Waals surface area contributed by atoms with Crippen molar-refractivity contribution in [2.24, 2.45) is 0 Å². The van der Waals surface area contributed by atoms with Crippen molar-refractivity contribution in [3.8, 4) is 0 Å². The van der Waals surface area contributed by atoms with Crippen molar-refractivity contribution >= 4 is 0 Å². The molecule has 0 bridgehead atoms. The lowest BCUT2D eigenvalue weighted by Crippen LogP contribution is -2.27. The lowest BCUT2D eigenvalue weighted by atomic mass is 10.2. The van der Waals surface area contributed by atoms with Crippen molar-refractivity contribution in [2.75, 3.05) is 6.54 Å². The first-order valence-corrected chi connectivity index (χ1v) is 4.91. The van der Waals surface area contributed by atoms with Crippen molar-refractivity contribution in [3.05, 3.63) is 7.05 Å². The SMILES string of the molecule is [CH2]N(CCCC)C1CCCC1. The van der Waals surface area contributed by atoms with Gasteiger partial charge in [-0.15, -0.1) is 0 Å². The second-order valence-corrected chi connectivity index (χ2v) is 3.60. The molecule has 0 atom stereocenters. The van der Waals surface area contributed by atoms with Crippen molar-refractivity contribution in [1.29, 1.82) is 0 Å². The van der Waals surface area contributed by atoms with Crippen molar-refractivity contribution in [3.63, 3.8) is 0 Å². The summed E-state index contributed by atoms with van der Waals surface area (Å²) in [6, 6.07) is 0.807. The normalized spacial score (nSPS) is 19.9. The monoisotopic (exact) mass is 154 g/mol. The van der Waals surface area contributed by atoms with E-state index in [1.165, 1.54) is 45.1 Å². The molecule has 0 unspecified atom stereocenters. The fraction of sp³-hybridized carbons (Fsp3) is 0.900. The van der Waals surface area contributed by atoms with Crippen LogP contribution >= 0.6 is 0 Å². The van der Waals surface area contributed by atoms with Crippen molar-refractivity contribution in [2.45, 2.75) is 51.5 Å². The lowest BCUT2D eigenvalue weighted by Gasteiger charge is -2.23. The third-order valence-electron chi connectivity index (χ3n) is 2.64. The molecule has 1 radical (unpaired) electrons. The summed E-state index contributed by atoms with van der Waals surface area (Å²) in [5, 5.41) is 0. The Hall–Kier alpha value is -0.0400. The molecule has 1 saturated carbocycles. The zero-order valence-corrected chi connectivity index (χ0v) is 7.68. The highest BCUT2D eigenvalue weighted by atomic mass is 15.1. The maximum absolute atomic E-state index is 4.09. The number of hydrogen-bond acceptors (Lipinski definition) is 1. The van der Waals surface area contributed by atoms with Crippen LogP contribution in [0.3, 0.4) is 0 Å². The van der Waals surface area contributed by atoms with Gasteiger partial charge in [-0.05, 0) is 25.8 Å².